The summed E-state index contributed by atoms with van der Waals surface area (Å²) in [5.41, 5.74) is 11.3. The minimum Gasteiger partial charge on any atom is -0.309 e. The number of alkyl halides is 3. The van der Waals surface area contributed by atoms with Crippen LogP contribution < -0.4 is 0 Å². The Labute approximate surface area is 303 Å². The van der Waals surface area contributed by atoms with Crippen molar-refractivity contribution in [2.75, 3.05) is 0 Å². The lowest BCUT2D eigenvalue weighted by atomic mass is 9.81. The van der Waals surface area contributed by atoms with Crippen LogP contribution in [0.25, 0.3) is 72.0 Å². The number of hydrogen-bond donors (Lipinski definition) is 0. The lowest BCUT2D eigenvalue weighted by Crippen LogP contribution is -2.14. The van der Waals surface area contributed by atoms with Crippen molar-refractivity contribution in [1.29, 1.82) is 0 Å². The van der Waals surface area contributed by atoms with Gasteiger partial charge in [0.1, 0.15) is 11.6 Å². The SMILES string of the molecule is Cc1cc(F)cc(-c2ccc3c(c2)c2cc(-c4cc(F)cc(C(F)(F)F)c4)ccc2n3-c2ccccc2-c2ccc3c(c2)C(C)(C)c2ccccc2-3)c1. The first kappa shape index (κ1) is 32.9. The van der Waals surface area contributed by atoms with Crippen LogP contribution >= 0.6 is 0 Å². The van der Waals surface area contributed by atoms with Gasteiger partial charge in [-0.2, -0.15) is 13.2 Å². The number of para-hydroxylation sites is 1. The topological polar surface area (TPSA) is 4.93 Å². The number of hydrogen-bond acceptors (Lipinski definition) is 0. The second-order valence-electron chi connectivity index (χ2n) is 14.5. The molecule has 8 aromatic rings. The summed E-state index contributed by atoms with van der Waals surface area (Å²) in [6.07, 6.45) is -4.70. The van der Waals surface area contributed by atoms with Crippen molar-refractivity contribution in [1.82, 2.24) is 4.57 Å². The molecule has 0 radical (unpaired) electrons. The zero-order valence-corrected chi connectivity index (χ0v) is 29.1. The highest BCUT2D eigenvalue weighted by Crippen LogP contribution is 2.50. The van der Waals surface area contributed by atoms with E-state index in [4.69, 9.17) is 0 Å². The van der Waals surface area contributed by atoms with Gasteiger partial charge in [-0.1, -0.05) is 86.6 Å². The summed E-state index contributed by atoms with van der Waals surface area (Å²) in [5, 5.41) is 1.60. The van der Waals surface area contributed by atoms with E-state index in [1.54, 1.807) is 6.07 Å². The molecule has 0 aliphatic heterocycles. The van der Waals surface area contributed by atoms with Gasteiger partial charge in [0.2, 0.25) is 0 Å². The second-order valence-corrected chi connectivity index (χ2v) is 14.5. The number of halogens is 5. The molecule has 1 aromatic heterocycles. The Morgan fingerprint density at radius 2 is 1.06 bits per heavy atom. The van der Waals surface area contributed by atoms with Gasteiger partial charge in [0.15, 0.2) is 0 Å². The van der Waals surface area contributed by atoms with E-state index in [1.807, 2.05) is 55.5 Å². The van der Waals surface area contributed by atoms with Gasteiger partial charge in [-0.15, -0.1) is 0 Å². The standard InChI is InChI=1S/C47H32F5N/c1-27-18-31(21-34(48)19-27)28-13-16-44-39(23-28)40-24-29(32-20-33(47(50,51)52)26-35(49)22-32)14-17-45(40)53(44)43-11-7-5-8-36(43)30-12-15-38-37-9-4-6-10-41(37)46(2,3)42(38)25-30/h4-26H,1-3H3. The summed E-state index contributed by atoms with van der Waals surface area (Å²) >= 11 is 0. The molecule has 9 rings (SSSR count). The molecule has 0 amide bonds. The molecule has 0 unspecified atom stereocenters. The van der Waals surface area contributed by atoms with Gasteiger partial charge in [-0.25, -0.2) is 8.78 Å². The van der Waals surface area contributed by atoms with Crippen LogP contribution in [-0.2, 0) is 11.6 Å². The fourth-order valence-corrected chi connectivity index (χ4v) is 8.25. The highest BCUT2D eigenvalue weighted by atomic mass is 19.4. The highest BCUT2D eigenvalue weighted by Gasteiger charge is 2.35. The lowest BCUT2D eigenvalue weighted by molar-refractivity contribution is -0.137. The molecule has 0 N–H and O–H groups in total. The molecule has 1 nitrogen and oxygen atoms in total. The zero-order valence-electron chi connectivity index (χ0n) is 29.1. The van der Waals surface area contributed by atoms with Crippen LogP contribution in [0.2, 0.25) is 0 Å². The fraction of sp³-hybridized carbons (Fsp3) is 0.106. The summed E-state index contributed by atoms with van der Waals surface area (Å²) in [5.74, 6) is -1.30. The Kier molecular flexibility index (Phi) is 7.29. The van der Waals surface area contributed by atoms with Gasteiger partial charge in [-0.3, -0.25) is 0 Å². The largest absolute Gasteiger partial charge is 0.416 e. The van der Waals surface area contributed by atoms with E-state index < -0.39 is 17.6 Å². The van der Waals surface area contributed by atoms with E-state index >= 15 is 0 Å². The Hall–Kier alpha value is -6.01. The van der Waals surface area contributed by atoms with Crippen molar-refractivity contribution in [3.8, 4) is 50.2 Å². The molecule has 1 aliphatic carbocycles. The molecular weight excluding hydrogens is 674 g/mol. The zero-order chi connectivity index (χ0) is 36.8. The van der Waals surface area contributed by atoms with Crippen molar-refractivity contribution in [3.63, 3.8) is 0 Å². The summed E-state index contributed by atoms with van der Waals surface area (Å²) in [6.45, 7) is 6.35. The molecule has 1 heterocycles. The van der Waals surface area contributed by atoms with E-state index in [9.17, 15) is 22.0 Å². The van der Waals surface area contributed by atoms with Crippen molar-refractivity contribution < 1.29 is 22.0 Å². The van der Waals surface area contributed by atoms with Gasteiger partial charge in [0, 0.05) is 21.8 Å². The van der Waals surface area contributed by atoms with Crippen molar-refractivity contribution >= 4 is 21.8 Å². The maximum absolute atomic E-state index is 14.6. The molecule has 0 atom stereocenters. The minimum absolute atomic E-state index is 0.124. The molecule has 0 saturated heterocycles. The molecule has 53 heavy (non-hydrogen) atoms. The summed E-state index contributed by atoms with van der Waals surface area (Å²) in [6, 6.07) is 42.3. The molecule has 0 bridgehead atoms. The van der Waals surface area contributed by atoms with Gasteiger partial charge in [-0.05, 0) is 129 Å². The summed E-state index contributed by atoms with van der Waals surface area (Å²) in [7, 11) is 0. The minimum atomic E-state index is -4.70. The number of rotatable bonds is 4. The normalized spacial score (nSPS) is 13.4. The number of fused-ring (bicyclic) bond motifs is 6. The molecule has 0 saturated carbocycles. The average molecular weight is 706 g/mol. The second kappa shape index (κ2) is 11.8. The van der Waals surface area contributed by atoms with Crippen LogP contribution in [0, 0.1) is 18.6 Å². The molecule has 6 heteroatoms. The van der Waals surface area contributed by atoms with Gasteiger partial charge in [0.25, 0.3) is 0 Å². The van der Waals surface area contributed by atoms with E-state index in [-0.39, 0.29) is 16.8 Å². The fourth-order valence-electron chi connectivity index (χ4n) is 8.25. The van der Waals surface area contributed by atoms with Crippen molar-refractivity contribution in [3.05, 3.63) is 173 Å². The summed E-state index contributed by atoms with van der Waals surface area (Å²) < 4.78 is 72.6. The Morgan fingerprint density at radius 1 is 0.491 bits per heavy atom. The Balaban J connectivity index is 1.28. The number of aryl methyl sites for hydroxylation is 1. The first-order valence-electron chi connectivity index (χ1n) is 17.4. The molecule has 0 spiro atoms. The van der Waals surface area contributed by atoms with Gasteiger partial charge < -0.3 is 4.57 Å². The van der Waals surface area contributed by atoms with Crippen LogP contribution in [0.1, 0.15) is 36.1 Å². The van der Waals surface area contributed by atoms with E-state index in [0.717, 1.165) is 61.9 Å². The first-order valence-corrected chi connectivity index (χ1v) is 17.4. The summed E-state index contributed by atoms with van der Waals surface area (Å²) in [4.78, 5) is 0. The van der Waals surface area contributed by atoms with Crippen molar-refractivity contribution in [2.45, 2.75) is 32.4 Å². The average Bonchev–Trinajstić information content (AvgIpc) is 3.58. The van der Waals surface area contributed by atoms with Gasteiger partial charge in [0.05, 0.1) is 22.3 Å². The third-order valence-electron chi connectivity index (χ3n) is 10.7. The first-order chi connectivity index (χ1) is 25.4. The smallest absolute Gasteiger partial charge is 0.309 e. The van der Waals surface area contributed by atoms with Crippen LogP contribution in [0.15, 0.2) is 140 Å². The maximum atomic E-state index is 14.6. The Bertz CT molecular complexity index is 2760. The molecule has 0 fully saturated rings. The van der Waals surface area contributed by atoms with Crippen molar-refractivity contribution in [2.24, 2.45) is 0 Å². The highest BCUT2D eigenvalue weighted by molar-refractivity contribution is 6.12. The Morgan fingerprint density at radius 3 is 1.72 bits per heavy atom. The number of nitrogens with zero attached hydrogens (tertiary/aromatic N) is 1. The van der Waals surface area contributed by atoms with Gasteiger partial charge >= 0.3 is 6.18 Å². The predicted molar refractivity (Wildman–Crippen MR) is 204 cm³/mol. The van der Waals surface area contributed by atoms with E-state index in [1.165, 1.54) is 34.4 Å². The predicted octanol–water partition coefficient (Wildman–Crippen LogP) is 13.7. The molecular formula is C47H32F5N. The van der Waals surface area contributed by atoms with E-state index in [2.05, 4.69) is 73.0 Å². The third kappa shape index (κ3) is 5.35. The monoisotopic (exact) mass is 705 g/mol. The lowest BCUT2D eigenvalue weighted by Gasteiger charge is -2.22. The molecule has 7 aromatic carbocycles. The molecule has 1 aliphatic rings. The molecule has 260 valence electrons. The van der Waals surface area contributed by atoms with E-state index in [0.29, 0.717) is 17.2 Å². The van der Waals surface area contributed by atoms with Crippen LogP contribution in [-0.4, -0.2) is 4.57 Å². The third-order valence-corrected chi connectivity index (χ3v) is 10.7. The van der Waals surface area contributed by atoms with Crippen LogP contribution in [0.5, 0.6) is 0 Å². The van der Waals surface area contributed by atoms with Crippen LogP contribution in [0.3, 0.4) is 0 Å². The van der Waals surface area contributed by atoms with Crippen LogP contribution in [0.4, 0.5) is 22.0 Å². The number of aromatic nitrogens is 1. The quantitative estimate of drug-likeness (QED) is 0.161. The maximum Gasteiger partial charge on any atom is 0.416 e. The number of benzene rings is 7.